The fraction of sp³-hybridized carbons (Fsp3) is 0.600. The SMILES string of the molecule is CC(NCC1CCN(CC(F)(F)F)C1)c1cccc(F)c1. The van der Waals surface area contributed by atoms with E-state index in [0.29, 0.717) is 19.6 Å². The molecule has 0 radical (unpaired) electrons. The molecule has 1 heterocycles. The maximum absolute atomic E-state index is 13.1. The number of rotatable bonds is 5. The van der Waals surface area contributed by atoms with Crippen molar-refractivity contribution >= 4 is 0 Å². The monoisotopic (exact) mass is 304 g/mol. The van der Waals surface area contributed by atoms with Gasteiger partial charge in [-0.15, -0.1) is 0 Å². The number of nitrogens with one attached hydrogen (secondary N) is 1. The minimum atomic E-state index is -4.13. The molecule has 2 unspecified atom stereocenters. The van der Waals surface area contributed by atoms with Gasteiger partial charge in [0.05, 0.1) is 6.54 Å². The molecular weight excluding hydrogens is 284 g/mol. The third-order valence-corrected chi connectivity index (χ3v) is 3.83. The van der Waals surface area contributed by atoms with E-state index in [2.05, 4.69) is 5.32 Å². The van der Waals surface area contributed by atoms with Gasteiger partial charge in [-0.2, -0.15) is 13.2 Å². The molecule has 1 fully saturated rings. The van der Waals surface area contributed by atoms with E-state index in [0.717, 1.165) is 12.0 Å². The summed E-state index contributed by atoms with van der Waals surface area (Å²) in [5.41, 5.74) is 0.847. The van der Waals surface area contributed by atoms with Crippen molar-refractivity contribution in [1.29, 1.82) is 0 Å². The second-order valence-electron chi connectivity index (χ2n) is 5.69. The first-order valence-corrected chi connectivity index (χ1v) is 7.11. The van der Waals surface area contributed by atoms with Gasteiger partial charge in [-0.3, -0.25) is 4.90 Å². The van der Waals surface area contributed by atoms with Gasteiger partial charge in [0.1, 0.15) is 5.82 Å². The van der Waals surface area contributed by atoms with Gasteiger partial charge in [-0.05, 0) is 50.0 Å². The number of benzene rings is 1. The van der Waals surface area contributed by atoms with Crippen molar-refractivity contribution in [2.75, 3.05) is 26.2 Å². The van der Waals surface area contributed by atoms with Crippen LogP contribution in [-0.4, -0.2) is 37.3 Å². The highest BCUT2D eigenvalue weighted by Crippen LogP contribution is 2.23. The Morgan fingerprint density at radius 1 is 1.38 bits per heavy atom. The zero-order chi connectivity index (χ0) is 15.5. The third-order valence-electron chi connectivity index (χ3n) is 3.83. The van der Waals surface area contributed by atoms with Crippen molar-refractivity contribution in [3.63, 3.8) is 0 Å². The first-order chi connectivity index (χ1) is 9.83. The Labute approximate surface area is 122 Å². The summed E-state index contributed by atoms with van der Waals surface area (Å²) in [5.74, 6) is -0.0678. The van der Waals surface area contributed by atoms with Crippen LogP contribution in [0.2, 0.25) is 0 Å². The first-order valence-electron chi connectivity index (χ1n) is 7.11. The first kappa shape index (κ1) is 16.2. The van der Waals surface area contributed by atoms with Crippen LogP contribution in [0.3, 0.4) is 0 Å². The minimum absolute atomic E-state index is 0.0163. The smallest absolute Gasteiger partial charge is 0.310 e. The van der Waals surface area contributed by atoms with E-state index in [4.69, 9.17) is 0 Å². The topological polar surface area (TPSA) is 15.3 Å². The van der Waals surface area contributed by atoms with E-state index in [1.54, 1.807) is 6.07 Å². The zero-order valence-electron chi connectivity index (χ0n) is 12.0. The molecule has 0 amide bonds. The number of alkyl halides is 3. The average molecular weight is 304 g/mol. The molecule has 1 aromatic carbocycles. The number of nitrogens with zero attached hydrogens (tertiary/aromatic N) is 1. The summed E-state index contributed by atoms with van der Waals surface area (Å²) in [7, 11) is 0. The van der Waals surface area contributed by atoms with Crippen molar-refractivity contribution in [2.45, 2.75) is 25.6 Å². The summed E-state index contributed by atoms with van der Waals surface area (Å²) in [6, 6.07) is 6.34. The average Bonchev–Trinajstić information content (AvgIpc) is 2.81. The van der Waals surface area contributed by atoms with Gasteiger partial charge < -0.3 is 5.32 Å². The summed E-state index contributed by atoms with van der Waals surface area (Å²) >= 11 is 0. The highest BCUT2D eigenvalue weighted by atomic mass is 19.4. The maximum Gasteiger partial charge on any atom is 0.401 e. The van der Waals surface area contributed by atoms with Gasteiger partial charge in [-0.25, -0.2) is 4.39 Å². The number of hydrogen-bond acceptors (Lipinski definition) is 2. The Hall–Kier alpha value is -1.14. The number of hydrogen-bond donors (Lipinski definition) is 1. The second kappa shape index (κ2) is 6.75. The van der Waals surface area contributed by atoms with Gasteiger partial charge >= 0.3 is 6.18 Å². The molecule has 2 nitrogen and oxygen atoms in total. The number of halogens is 4. The molecule has 6 heteroatoms. The van der Waals surface area contributed by atoms with Crippen LogP contribution in [-0.2, 0) is 0 Å². The predicted molar refractivity (Wildman–Crippen MR) is 73.4 cm³/mol. The summed E-state index contributed by atoms with van der Waals surface area (Å²) < 4.78 is 50.1. The van der Waals surface area contributed by atoms with Crippen LogP contribution in [0.5, 0.6) is 0 Å². The Bertz CT molecular complexity index is 461. The molecule has 1 aliphatic rings. The van der Waals surface area contributed by atoms with Crippen LogP contribution in [0, 0.1) is 11.7 Å². The molecular formula is C15H20F4N2. The second-order valence-corrected chi connectivity index (χ2v) is 5.69. The molecule has 2 rings (SSSR count). The number of likely N-dealkylation sites (tertiary alicyclic amines) is 1. The van der Waals surface area contributed by atoms with E-state index < -0.39 is 12.7 Å². The Kier molecular flexibility index (Phi) is 5.22. The highest BCUT2D eigenvalue weighted by Gasteiger charge is 2.34. The fourth-order valence-electron chi connectivity index (χ4n) is 2.71. The van der Waals surface area contributed by atoms with Gasteiger partial charge in [-0.1, -0.05) is 12.1 Å². The molecule has 2 atom stereocenters. The third kappa shape index (κ3) is 5.28. The van der Waals surface area contributed by atoms with E-state index >= 15 is 0 Å². The van der Waals surface area contributed by atoms with Crippen LogP contribution in [0.25, 0.3) is 0 Å². The van der Waals surface area contributed by atoms with Crippen LogP contribution >= 0.6 is 0 Å². The van der Waals surface area contributed by atoms with Gasteiger partial charge in [0, 0.05) is 12.6 Å². The van der Waals surface area contributed by atoms with E-state index in [9.17, 15) is 17.6 Å². The molecule has 1 saturated heterocycles. The maximum atomic E-state index is 13.1. The molecule has 21 heavy (non-hydrogen) atoms. The lowest BCUT2D eigenvalue weighted by Gasteiger charge is -2.19. The molecule has 1 aliphatic heterocycles. The molecule has 0 aliphatic carbocycles. The Morgan fingerprint density at radius 2 is 2.14 bits per heavy atom. The van der Waals surface area contributed by atoms with Crippen LogP contribution in [0.1, 0.15) is 24.9 Å². The molecule has 0 saturated carbocycles. The quantitative estimate of drug-likeness (QED) is 0.839. The largest absolute Gasteiger partial charge is 0.401 e. The summed E-state index contributed by atoms with van der Waals surface area (Å²) in [6.07, 6.45) is -3.36. The molecule has 0 bridgehead atoms. The van der Waals surface area contributed by atoms with Crippen molar-refractivity contribution in [3.05, 3.63) is 35.6 Å². The molecule has 118 valence electrons. The summed E-state index contributed by atoms with van der Waals surface area (Å²) in [6.45, 7) is 2.69. The van der Waals surface area contributed by atoms with Gasteiger partial charge in [0.15, 0.2) is 0 Å². The van der Waals surface area contributed by atoms with E-state index in [1.807, 2.05) is 13.0 Å². The van der Waals surface area contributed by atoms with Crippen molar-refractivity contribution < 1.29 is 17.6 Å². The zero-order valence-corrected chi connectivity index (χ0v) is 12.0. The standard InChI is InChI=1S/C15H20F4N2/c1-11(13-3-2-4-14(16)7-13)20-8-12-5-6-21(9-12)10-15(17,18)19/h2-4,7,11-12,20H,5-6,8-10H2,1H3. The van der Waals surface area contributed by atoms with Gasteiger partial charge in [0.2, 0.25) is 0 Å². The summed E-state index contributed by atoms with van der Waals surface area (Å²) in [4.78, 5) is 1.44. The Balaban J connectivity index is 1.77. The van der Waals surface area contributed by atoms with E-state index in [-0.39, 0.29) is 17.8 Å². The highest BCUT2D eigenvalue weighted by molar-refractivity contribution is 5.19. The lowest BCUT2D eigenvalue weighted by atomic mass is 10.1. The molecule has 0 aromatic heterocycles. The molecule has 1 N–H and O–H groups in total. The van der Waals surface area contributed by atoms with Crippen LogP contribution < -0.4 is 5.32 Å². The molecule has 1 aromatic rings. The normalized spacial score (nSPS) is 21.7. The van der Waals surface area contributed by atoms with E-state index in [1.165, 1.54) is 17.0 Å². The minimum Gasteiger partial charge on any atom is -0.310 e. The lowest BCUT2D eigenvalue weighted by Crippen LogP contribution is -2.34. The lowest BCUT2D eigenvalue weighted by molar-refractivity contribution is -0.143. The van der Waals surface area contributed by atoms with Crippen molar-refractivity contribution in [2.24, 2.45) is 5.92 Å². The summed E-state index contributed by atoms with van der Waals surface area (Å²) in [5, 5.41) is 3.28. The Morgan fingerprint density at radius 3 is 2.81 bits per heavy atom. The van der Waals surface area contributed by atoms with Gasteiger partial charge in [0.25, 0.3) is 0 Å². The van der Waals surface area contributed by atoms with Crippen molar-refractivity contribution in [3.8, 4) is 0 Å². The molecule has 0 spiro atoms. The van der Waals surface area contributed by atoms with Crippen molar-refractivity contribution in [1.82, 2.24) is 10.2 Å². The van der Waals surface area contributed by atoms with Crippen LogP contribution in [0.4, 0.5) is 17.6 Å². The predicted octanol–water partition coefficient (Wildman–Crippen LogP) is 3.36. The fourth-order valence-corrected chi connectivity index (χ4v) is 2.71. The van der Waals surface area contributed by atoms with Crippen LogP contribution in [0.15, 0.2) is 24.3 Å².